The van der Waals surface area contributed by atoms with Gasteiger partial charge in [-0.1, -0.05) is 0 Å². The van der Waals surface area contributed by atoms with Crippen molar-refractivity contribution < 1.29 is 14.2 Å². The topological polar surface area (TPSA) is 41.5 Å². The summed E-state index contributed by atoms with van der Waals surface area (Å²) >= 11 is 0. The molecule has 0 saturated carbocycles. The molecule has 0 bridgehead atoms. The summed E-state index contributed by atoms with van der Waals surface area (Å²) in [6, 6.07) is 9.66. The van der Waals surface area contributed by atoms with Crippen LogP contribution in [0.5, 0.6) is 11.5 Å². The van der Waals surface area contributed by atoms with Crippen molar-refractivity contribution in [3.8, 4) is 11.5 Å². The van der Waals surface area contributed by atoms with Gasteiger partial charge in [0.1, 0.15) is 17.3 Å². The van der Waals surface area contributed by atoms with E-state index in [-0.39, 0.29) is 11.6 Å². The highest BCUT2D eigenvalue weighted by atomic mass is 19.1. The summed E-state index contributed by atoms with van der Waals surface area (Å²) in [7, 11) is 0. The molecule has 0 aliphatic carbocycles. The number of aromatic hydroxyl groups is 1. The van der Waals surface area contributed by atoms with E-state index < -0.39 is 0 Å². The van der Waals surface area contributed by atoms with E-state index in [0.717, 1.165) is 17.0 Å². The van der Waals surface area contributed by atoms with Crippen molar-refractivity contribution >= 4 is 5.69 Å². The number of halogens is 1. The van der Waals surface area contributed by atoms with Crippen LogP contribution in [0.3, 0.4) is 0 Å². The van der Waals surface area contributed by atoms with Gasteiger partial charge in [0, 0.05) is 17.8 Å². The molecule has 0 aliphatic heterocycles. The smallest absolute Gasteiger partial charge is 0.123 e. The van der Waals surface area contributed by atoms with E-state index in [2.05, 4.69) is 5.32 Å². The second-order valence-corrected chi connectivity index (χ2v) is 4.54. The molecule has 20 heavy (non-hydrogen) atoms. The fourth-order valence-corrected chi connectivity index (χ4v) is 1.98. The number of phenols is 1. The van der Waals surface area contributed by atoms with Gasteiger partial charge in [0.05, 0.1) is 6.61 Å². The fraction of sp³-hybridized carbons (Fsp3) is 0.250. The minimum absolute atomic E-state index is 0.0856. The maximum Gasteiger partial charge on any atom is 0.123 e. The molecule has 0 saturated heterocycles. The van der Waals surface area contributed by atoms with Crippen LogP contribution in [0.25, 0.3) is 0 Å². The van der Waals surface area contributed by atoms with Crippen LogP contribution in [0.15, 0.2) is 36.4 Å². The zero-order chi connectivity index (χ0) is 14.5. The summed E-state index contributed by atoms with van der Waals surface area (Å²) in [6.07, 6.45) is 0. The molecule has 0 aliphatic rings. The van der Waals surface area contributed by atoms with E-state index in [9.17, 15) is 9.50 Å². The van der Waals surface area contributed by atoms with E-state index in [0.29, 0.717) is 18.7 Å². The van der Waals surface area contributed by atoms with Crippen LogP contribution in [0, 0.1) is 12.7 Å². The number of hydrogen-bond donors (Lipinski definition) is 2. The van der Waals surface area contributed by atoms with Crippen LogP contribution in [0.4, 0.5) is 10.1 Å². The maximum absolute atomic E-state index is 13.1. The van der Waals surface area contributed by atoms with Crippen LogP contribution in [0.1, 0.15) is 18.1 Å². The predicted octanol–water partition coefficient (Wildman–Crippen LogP) is 3.85. The van der Waals surface area contributed by atoms with E-state index in [1.165, 1.54) is 18.2 Å². The Kier molecular flexibility index (Phi) is 4.45. The standard InChI is InChI=1S/C16H18FNO2/c1-3-20-14-5-6-15(11(2)8-14)18-10-12-9-13(17)4-7-16(12)19/h4-9,18-19H,3,10H2,1-2H3. The molecule has 0 fully saturated rings. The zero-order valence-electron chi connectivity index (χ0n) is 11.6. The lowest BCUT2D eigenvalue weighted by Gasteiger charge is -2.12. The number of benzene rings is 2. The molecule has 0 radical (unpaired) electrons. The number of anilines is 1. The average molecular weight is 275 g/mol. The highest BCUT2D eigenvalue weighted by Gasteiger charge is 2.05. The molecular formula is C16H18FNO2. The summed E-state index contributed by atoms with van der Waals surface area (Å²) in [5.74, 6) is 0.551. The number of hydrogen-bond acceptors (Lipinski definition) is 3. The zero-order valence-corrected chi connectivity index (χ0v) is 11.6. The first kappa shape index (κ1) is 14.2. The van der Waals surface area contributed by atoms with E-state index in [1.54, 1.807) is 0 Å². The minimum Gasteiger partial charge on any atom is -0.508 e. The Morgan fingerprint density at radius 1 is 1.20 bits per heavy atom. The molecule has 0 aromatic heterocycles. The Hall–Kier alpha value is -2.23. The minimum atomic E-state index is -0.358. The van der Waals surface area contributed by atoms with Gasteiger partial charge < -0.3 is 15.2 Å². The van der Waals surface area contributed by atoms with Crippen molar-refractivity contribution in [2.75, 3.05) is 11.9 Å². The Labute approximate surface area is 118 Å². The largest absolute Gasteiger partial charge is 0.508 e. The molecule has 0 unspecified atom stereocenters. The van der Waals surface area contributed by atoms with Gasteiger partial charge in [-0.25, -0.2) is 4.39 Å². The van der Waals surface area contributed by atoms with E-state index in [1.807, 2.05) is 32.0 Å². The lowest BCUT2D eigenvalue weighted by Crippen LogP contribution is -2.02. The average Bonchev–Trinajstić information content (AvgIpc) is 2.42. The molecule has 2 rings (SSSR count). The monoisotopic (exact) mass is 275 g/mol. The number of aryl methyl sites for hydroxylation is 1. The first-order valence-electron chi connectivity index (χ1n) is 6.55. The summed E-state index contributed by atoms with van der Waals surface area (Å²) in [6.45, 7) is 4.90. The highest BCUT2D eigenvalue weighted by Crippen LogP contribution is 2.24. The molecule has 2 aromatic carbocycles. The van der Waals surface area contributed by atoms with Crippen LogP contribution in [-0.2, 0) is 6.54 Å². The summed E-state index contributed by atoms with van der Waals surface area (Å²) in [4.78, 5) is 0. The van der Waals surface area contributed by atoms with Gasteiger partial charge >= 0.3 is 0 Å². The first-order valence-corrected chi connectivity index (χ1v) is 6.55. The highest BCUT2D eigenvalue weighted by molar-refractivity contribution is 5.54. The van der Waals surface area contributed by atoms with Crippen LogP contribution in [-0.4, -0.2) is 11.7 Å². The van der Waals surface area contributed by atoms with Gasteiger partial charge in [0.25, 0.3) is 0 Å². The molecule has 0 heterocycles. The van der Waals surface area contributed by atoms with Crippen LogP contribution >= 0.6 is 0 Å². The molecule has 2 aromatic rings. The van der Waals surface area contributed by atoms with Crippen molar-refractivity contribution in [3.05, 3.63) is 53.3 Å². The SMILES string of the molecule is CCOc1ccc(NCc2cc(F)ccc2O)c(C)c1. The second-order valence-electron chi connectivity index (χ2n) is 4.54. The van der Waals surface area contributed by atoms with Crippen molar-refractivity contribution in [1.29, 1.82) is 0 Å². The van der Waals surface area contributed by atoms with Gasteiger partial charge in [0.2, 0.25) is 0 Å². The van der Waals surface area contributed by atoms with E-state index in [4.69, 9.17) is 4.74 Å². The number of ether oxygens (including phenoxy) is 1. The lowest BCUT2D eigenvalue weighted by atomic mass is 10.1. The summed E-state index contributed by atoms with van der Waals surface area (Å²) in [5, 5.41) is 12.9. The third-order valence-corrected chi connectivity index (χ3v) is 3.02. The second kappa shape index (κ2) is 6.28. The van der Waals surface area contributed by atoms with E-state index >= 15 is 0 Å². The molecule has 3 nitrogen and oxygen atoms in total. The Morgan fingerprint density at radius 3 is 2.70 bits per heavy atom. The maximum atomic E-state index is 13.1. The number of rotatable bonds is 5. The third-order valence-electron chi connectivity index (χ3n) is 3.02. The summed E-state index contributed by atoms with van der Waals surface area (Å²) in [5.41, 5.74) is 2.49. The molecule has 0 spiro atoms. The van der Waals surface area contributed by atoms with Gasteiger partial charge in [-0.15, -0.1) is 0 Å². The first-order chi connectivity index (χ1) is 9.60. The molecular weight excluding hydrogens is 257 g/mol. The van der Waals surface area contributed by atoms with Gasteiger partial charge in [0.15, 0.2) is 0 Å². The van der Waals surface area contributed by atoms with Gasteiger partial charge in [-0.2, -0.15) is 0 Å². The third kappa shape index (κ3) is 3.41. The van der Waals surface area contributed by atoms with Gasteiger partial charge in [-0.05, 0) is 55.8 Å². The molecule has 2 N–H and O–H groups in total. The fourth-order valence-electron chi connectivity index (χ4n) is 1.98. The Balaban J connectivity index is 2.09. The Morgan fingerprint density at radius 2 is 2.00 bits per heavy atom. The van der Waals surface area contributed by atoms with Crippen molar-refractivity contribution in [1.82, 2.24) is 0 Å². The van der Waals surface area contributed by atoms with Crippen molar-refractivity contribution in [2.45, 2.75) is 20.4 Å². The van der Waals surface area contributed by atoms with Crippen LogP contribution in [0.2, 0.25) is 0 Å². The molecule has 4 heteroatoms. The molecule has 0 amide bonds. The lowest BCUT2D eigenvalue weighted by molar-refractivity contribution is 0.340. The number of phenolic OH excluding ortho intramolecular Hbond substituents is 1. The summed E-state index contributed by atoms with van der Waals surface area (Å²) < 4.78 is 18.6. The number of nitrogens with one attached hydrogen (secondary N) is 1. The predicted molar refractivity (Wildman–Crippen MR) is 77.7 cm³/mol. The Bertz CT molecular complexity index is 599. The van der Waals surface area contributed by atoms with Gasteiger partial charge in [-0.3, -0.25) is 0 Å². The van der Waals surface area contributed by atoms with Crippen molar-refractivity contribution in [2.24, 2.45) is 0 Å². The molecule has 0 atom stereocenters. The quantitative estimate of drug-likeness (QED) is 0.871. The molecule has 106 valence electrons. The van der Waals surface area contributed by atoms with Crippen LogP contribution < -0.4 is 10.1 Å². The van der Waals surface area contributed by atoms with Crippen molar-refractivity contribution in [3.63, 3.8) is 0 Å². The normalized spacial score (nSPS) is 10.3.